The third kappa shape index (κ3) is 4.35. The molecular weight excluding hydrogens is 486 g/mol. The Morgan fingerprint density at radius 1 is 1.30 bits per heavy atom. The summed E-state index contributed by atoms with van der Waals surface area (Å²) in [6.45, 7) is 7.85. The second-order valence-corrected chi connectivity index (χ2v) is 7.02. The number of rotatable bonds is 6. The highest BCUT2D eigenvalue weighted by atomic mass is 127. The van der Waals surface area contributed by atoms with Crippen molar-refractivity contribution in [1.29, 1.82) is 0 Å². The first-order chi connectivity index (χ1) is 9.22. The third-order valence-corrected chi connectivity index (χ3v) is 4.55. The van der Waals surface area contributed by atoms with E-state index in [4.69, 9.17) is 14.2 Å². The highest BCUT2D eigenvalue weighted by molar-refractivity contribution is 14.1. The zero-order valence-electron chi connectivity index (χ0n) is 12.3. The highest BCUT2D eigenvalue weighted by Gasteiger charge is 2.26. The summed E-state index contributed by atoms with van der Waals surface area (Å²) in [5, 5.41) is 10.2. The van der Waals surface area contributed by atoms with E-state index in [1.165, 1.54) is 0 Å². The second-order valence-electron chi connectivity index (χ2n) is 4.78. The van der Waals surface area contributed by atoms with Crippen molar-refractivity contribution in [3.63, 3.8) is 0 Å². The molecule has 0 bridgehead atoms. The van der Waals surface area contributed by atoms with Crippen molar-refractivity contribution in [2.45, 2.75) is 39.6 Å². The molecule has 1 rings (SSSR count). The van der Waals surface area contributed by atoms with Crippen molar-refractivity contribution < 1.29 is 19.3 Å². The number of hydrogen-bond acceptors (Lipinski definition) is 4. The van der Waals surface area contributed by atoms with Gasteiger partial charge < -0.3 is 19.3 Å². The first-order valence-electron chi connectivity index (χ1n) is 6.29. The fourth-order valence-electron chi connectivity index (χ4n) is 1.76. The largest absolute Gasteiger partial charge is 0.492 e. The molecule has 6 heteroatoms. The SMILES string of the molecule is CCOC(C)Oc1c(I)cc(C(C)(C)O)c(I)c1OC. The van der Waals surface area contributed by atoms with Gasteiger partial charge in [0.1, 0.15) is 0 Å². The minimum absolute atomic E-state index is 0.355. The molecule has 114 valence electrons. The van der Waals surface area contributed by atoms with Crippen molar-refractivity contribution in [2.24, 2.45) is 0 Å². The topological polar surface area (TPSA) is 47.9 Å². The van der Waals surface area contributed by atoms with E-state index in [1.54, 1.807) is 21.0 Å². The van der Waals surface area contributed by atoms with Crippen molar-refractivity contribution in [2.75, 3.05) is 13.7 Å². The number of hydrogen-bond donors (Lipinski definition) is 1. The summed E-state index contributed by atoms with van der Waals surface area (Å²) in [7, 11) is 1.60. The van der Waals surface area contributed by atoms with Gasteiger partial charge in [0.15, 0.2) is 17.8 Å². The Balaban J connectivity index is 3.30. The van der Waals surface area contributed by atoms with Crippen LogP contribution in [0.25, 0.3) is 0 Å². The maximum atomic E-state index is 10.2. The van der Waals surface area contributed by atoms with Gasteiger partial charge in [-0.05, 0) is 78.9 Å². The first-order valence-corrected chi connectivity index (χ1v) is 8.45. The molecule has 0 aliphatic heterocycles. The van der Waals surface area contributed by atoms with Crippen molar-refractivity contribution in [1.82, 2.24) is 0 Å². The lowest BCUT2D eigenvalue weighted by Gasteiger charge is -2.24. The Morgan fingerprint density at radius 3 is 2.35 bits per heavy atom. The lowest BCUT2D eigenvalue weighted by molar-refractivity contribution is -0.0629. The first kappa shape index (κ1) is 18.2. The van der Waals surface area contributed by atoms with Gasteiger partial charge in [0.05, 0.1) is 19.9 Å². The summed E-state index contributed by atoms with van der Waals surface area (Å²) >= 11 is 4.35. The van der Waals surface area contributed by atoms with Crippen LogP contribution in [0.5, 0.6) is 11.5 Å². The molecule has 0 radical (unpaired) electrons. The van der Waals surface area contributed by atoms with Crippen LogP contribution in [0.2, 0.25) is 0 Å². The molecule has 1 N–H and O–H groups in total. The smallest absolute Gasteiger partial charge is 0.197 e. The normalized spacial score (nSPS) is 13.2. The molecule has 0 aliphatic rings. The van der Waals surface area contributed by atoms with Crippen molar-refractivity contribution in [3.05, 3.63) is 18.8 Å². The molecule has 1 aromatic rings. The standard InChI is InChI=1S/C14H20I2O4/c1-6-19-8(2)20-12-10(15)7-9(14(3,4)17)11(16)13(12)18-5/h7-8,17H,6H2,1-5H3. The average Bonchev–Trinajstić information content (AvgIpc) is 2.32. The lowest BCUT2D eigenvalue weighted by atomic mass is 9.98. The molecule has 0 fully saturated rings. The fourth-order valence-corrected chi connectivity index (χ4v) is 3.72. The quantitative estimate of drug-likeness (QED) is 0.470. The van der Waals surface area contributed by atoms with E-state index in [0.717, 1.165) is 12.7 Å². The van der Waals surface area contributed by atoms with Crippen LogP contribution in [-0.4, -0.2) is 25.1 Å². The summed E-state index contributed by atoms with van der Waals surface area (Å²) in [5.74, 6) is 1.27. The van der Waals surface area contributed by atoms with E-state index in [0.29, 0.717) is 18.1 Å². The Bertz CT molecular complexity index is 469. The Morgan fingerprint density at radius 2 is 1.90 bits per heavy atom. The van der Waals surface area contributed by atoms with Gasteiger partial charge >= 0.3 is 0 Å². The second kappa shape index (κ2) is 7.46. The van der Waals surface area contributed by atoms with Gasteiger partial charge in [-0.25, -0.2) is 0 Å². The molecule has 0 saturated heterocycles. The van der Waals surface area contributed by atoms with Gasteiger partial charge in [-0.2, -0.15) is 0 Å². The fraction of sp³-hybridized carbons (Fsp3) is 0.571. The summed E-state index contributed by atoms with van der Waals surface area (Å²) < 4.78 is 18.4. The van der Waals surface area contributed by atoms with Crippen LogP contribution in [0.1, 0.15) is 33.3 Å². The van der Waals surface area contributed by atoms with Gasteiger partial charge in [-0.3, -0.25) is 0 Å². The van der Waals surface area contributed by atoms with Crippen LogP contribution in [0.15, 0.2) is 6.07 Å². The molecule has 0 aliphatic carbocycles. The summed E-state index contributed by atoms with van der Waals surface area (Å²) in [5.41, 5.74) is -0.121. The highest BCUT2D eigenvalue weighted by Crippen LogP contribution is 2.42. The third-order valence-electron chi connectivity index (χ3n) is 2.68. The molecule has 0 amide bonds. The molecular formula is C14H20I2O4. The summed E-state index contributed by atoms with van der Waals surface area (Å²) in [6.07, 6.45) is -0.355. The maximum absolute atomic E-state index is 10.2. The molecule has 0 saturated carbocycles. The van der Waals surface area contributed by atoms with Gasteiger partial charge in [0.2, 0.25) is 0 Å². The van der Waals surface area contributed by atoms with Crippen LogP contribution >= 0.6 is 45.2 Å². The van der Waals surface area contributed by atoms with E-state index in [2.05, 4.69) is 45.2 Å². The van der Waals surface area contributed by atoms with Gasteiger partial charge in [0, 0.05) is 12.2 Å². The molecule has 1 aromatic carbocycles. The Kier molecular flexibility index (Phi) is 6.81. The lowest BCUT2D eigenvalue weighted by Crippen LogP contribution is -2.20. The molecule has 0 aromatic heterocycles. The number of ether oxygens (including phenoxy) is 3. The van der Waals surface area contributed by atoms with E-state index < -0.39 is 5.60 Å². The Hall–Kier alpha value is 0.200. The molecule has 1 unspecified atom stereocenters. The maximum Gasteiger partial charge on any atom is 0.197 e. The van der Waals surface area contributed by atoms with Crippen molar-refractivity contribution in [3.8, 4) is 11.5 Å². The van der Waals surface area contributed by atoms with Crippen LogP contribution in [0.4, 0.5) is 0 Å². The van der Waals surface area contributed by atoms with Gasteiger partial charge in [0.25, 0.3) is 0 Å². The molecule has 0 spiro atoms. The number of halogens is 2. The Labute approximate surface area is 147 Å². The minimum atomic E-state index is -0.937. The monoisotopic (exact) mass is 506 g/mol. The molecule has 0 heterocycles. The van der Waals surface area contributed by atoms with E-state index >= 15 is 0 Å². The van der Waals surface area contributed by atoms with E-state index in [9.17, 15) is 5.11 Å². The summed E-state index contributed by atoms with van der Waals surface area (Å²) in [6, 6.07) is 1.92. The zero-order chi connectivity index (χ0) is 15.5. The van der Waals surface area contributed by atoms with Crippen LogP contribution < -0.4 is 9.47 Å². The predicted molar refractivity (Wildman–Crippen MR) is 95.4 cm³/mol. The predicted octanol–water partition coefficient (Wildman–Crippen LogP) is 3.89. The molecule has 4 nitrogen and oxygen atoms in total. The average molecular weight is 506 g/mol. The number of methoxy groups -OCH3 is 1. The van der Waals surface area contributed by atoms with E-state index in [1.807, 2.05) is 19.9 Å². The van der Waals surface area contributed by atoms with Crippen LogP contribution in [0.3, 0.4) is 0 Å². The number of aliphatic hydroxyl groups is 1. The van der Waals surface area contributed by atoms with Gasteiger partial charge in [-0.15, -0.1) is 0 Å². The van der Waals surface area contributed by atoms with Crippen LogP contribution in [0, 0.1) is 7.14 Å². The zero-order valence-corrected chi connectivity index (χ0v) is 16.6. The minimum Gasteiger partial charge on any atom is -0.492 e. The summed E-state index contributed by atoms with van der Waals surface area (Å²) in [4.78, 5) is 0. The number of benzene rings is 1. The molecule has 20 heavy (non-hydrogen) atoms. The molecule has 1 atom stereocenters. The van der Waals surface area contributed by atoms with E-state index in [-0.39, 0.29) is 6.29 Å². The van der Waals surface area contributed by atoms with Crippen molar-refractivity contribution >= 4 is 45.2 Å². The van der Waals surface area contributed by atoms with Crippen LogP contribution in [-0.2, 0) is 10.3 Å². The van der Waals surface area contributed by atoms with Gasteiger partial charge in [-0.1, -0.05) is 0 Å².